The molecule has 3 N–H and O–H groups in total. The molecule has 0 spiro atoms. The Morgan fingerprint density at radius 2 is 1.87 bits per heavy atom. The number of nitrogens with one attached hydrogen (secondary N) is 2. The average molecular weight is 634 g/mol. The van der Waals surface area contributed by atoms with Crippen molar-refractivity contribution in [1.82, 2.24) is 30.1 Å². The van der Waals surface area contributed by atoms with Gasteiger partial charge in [-0.15, -0.1) is 0 Å². The van der Waals surface area contributed by atoms with Crippen LogP contribution in [0.4, 0.5) is 5.69 Å². The number of anilines is 1. The predicted molar refractivity (Wildman–Crippen MR) is 169 cm³/mol. The molecule has 45 heavy (non-hydrogen) atoms. The number of sulfonamides is 1. The molecule has 0 amide bonds. The number of nitrogens with zero attached hydrogens (tertiary/aromatic N) is 5. The van der Waals surface area contributed by atoms with Gasteiger partial charge in [0.15, 0.2) is 0 Å². The van der Waals surface area contributed by atoms with Gasteiger partial charge >= 0.3 is 5.69 Å². The summed E-state index contributed by atoms with van der Waals surface area (Å²) in [6.07, 6.45) is 11.1. The minimum atomic E-state index is -3.86. The van der Waals surface area contributed by atoms with Crippen LogP contribution in [0.3, 0.4) is 0 Å². The zero-order valence-electron chi connectivity index (χ0n) is 25.1. The summed E-state index contributed by atoms with van der Waals surface area (Å²) in [5.41, 5.74) is 2.13. The number of tetrazole rings is 1. The van der Waals surface area contributed by atoms with Crippen molar-refractivity contribution in [2.75, 3.05) is 17.8 Å². The van der Waals surface area contributed by atoms with Gasteiger partial charge in [-0.05, 0) is 96.1 Å². The number of fused-ring (bicyclic) bond motifs is 1. The van der Waals surface area contributed by atoms with E-state index in [9.17, 15) is 18.3 Å². The minimum absolute atomic E-state index is 0.0938. The number of aromatic nitrogens is 5. The average Bonchev–Trinajstić information content (AvgIpc) is 3.71. The van der Waals surface area contributed by atoms with Crippen molar-refractivity contribution in [2.24, 2.45) is 5.92 Å². The molecule has 3 heterocycles. The Morgan fingerprint density at radius 1 is 1.04 bits per heavy atom. The first-order valence-electron chi connectivity index (χ1n) is 15.6. The molecule has 1 aliphatic heterocycles. The second-order valence-electron chi connectivity index (χ2n) is 11.8. The quantitative estimate of drug-likeness (QED) is 0.200. The number of rotatable bonds is 13. The lowest BCUT2D eigenvalue weighted by atomic mass is 10.0. The van der Waals surface area contributed by atoms with E-state index in [-0.39, 0.29) is 16.7 Å². The summed E-state index contributed by atoms with van der Waals surface area (Å²) in [5.74, 6) is 1.41. The number of aliphatic hydroxyl groups is 1. The Balaban J connectivity index is 1.02. The molecule has 1 aliphatic carbocycles. The lowest BCUT2D eigenvalue weighted by molar-refractivity contribution is 0.146. The smallest absolute Gasteiger partial charge is 0.368 e. The first kappa shape index (κ1) is 30.9. The molecule has 4 aromatic rings. The number of pyridine rings is 1. The summed E-state index contributed by atoms with van der Waals surface area (Å²) in [7, 11) is -3.86. The largest absolute Gasteiger partial charge is 0.489 e. The van der Waals surface area contributed by atoms with Gasteiger partial charge in [0.05, 0.1) is 16.7 Å². The van der Waals surface area contributed by atoms with E-state index in [0.29, 0.717) is 49.6 Å². The van der Waals surface area contributed by atoms with Crippen LogP contribution >= 0.6 is 0 Å². The molecule has 2 aromatic heterocycles. The van der Waals surface area contributed by atoms with Gasteiger partial charge in [0.2, 0.25) is 0 Å². The number of aryl methyl sites for hydroxylation is 2. The standard InChI is InChI=1S/C32H39N7O5S/c40-30(25-8-3-17-33-20-25)22-34-21-28-14-9-24-19-29(15-16-31(24)44-28)45(42,43)35-26-10-12-27(13-11-26)39-32(41)38(36-37-39)18-4-7-23-5-1-2-6-23/h3,8,10-13,15-17,19-20,23,28,30,34-35,40H,1-2,4-7,9,14,18,21-22H2/t28-,30-/m0/s1. The van der Waals surface area contributed by atoms with E-state index in [1.807, 2.05) is 6.07 Å². The molecule has 238 valence electrons. The molecular formula is C32H39N7O5S. The van der Waals surface area contributed by atoms with Gasteiger partial charge < -0.3 is 15.2 Å². The maximum Gasteiger partial charge on any atom is 0.368 e. The molecule has 0 bridgehead atoms. The summed E-state index contributed by atoms with van der Waals surface area (Å²) in [5, 5.41) is 21.6. The molecule has 0 saturated heterocycles. The van der Waals surface area contributed by atoms with E-state index in [0.717, 1.165) is 29.9 Å². The van der Waals surface area contributed by atoms with Gasteiger partial charge in [0.1, 0.15) is 11.9 Å². The van der Waals surface area contributed by atoms with E-state index in [1.54, 1.807) is 54.9 Å². The van der Waals surface area contributed by atoms with E-state index in [1.165, 1.54) is 41.1 Å². The fraction of sp³-hybridized carbons (Fsp3) is 0.438. The van der Waals surface area contributed by atoms with Crippen molar-refractivity contribution in [2.45, 2.75) is 75.0 Å². The number of ether oxygens (including phenoxy) is 1. The van der Waals surface area contributed by atoms with Crippen LogP contribution in [0, 0.1) is 5.92 Å². The van der Waals surface area contributed by atoms with Crippen LogP contribution in [-0.2, 0) is 23.0 Å². The SMILES string of the molecule is O=c1n(CCCC2CCCC2)nnn1-c1ccc(NS(=O)(=O)c2ccc3c(c2)CC[C@@H](CNC[C@H](O)c2cccnc2)O3)cc1. The molecule has 0 radical (unpaired) electrons. The molecule has 12 nitrogen and oxygen atoms in total. The lowest BCUT2D eigenvalue weighted by Gasteiger charge is -2.27. The molecule has 2 aliphatic rings. The highest BCUT2D eigenvalue weighted by molar-refractivity contribution is 7.92. The van der Waals surface area contributed by atoms with Crippen molar-refractivity contribution in [3.05, 3.63) is 88.6 Å². The van der Waals surface area contributed by atoms with Crippen LogP contribution in [0.1, 0.15) is 62.2 Å². The topological polar surface area (TPSA) is 153 Å². The number of benzene rings is 2. The predicted octanol–water partition coefficient (Wildman–Crippen LogP) is 3.61. The van der Waals surface area contributed by atoms with E-state index < -0.39 is 16.1 Å². The highest BCUT2D eigenvalue weighted by Crippen LogP contribution is 2.31. The van der Waals surface area contributed by atoms with Gasteiger partial charge in [-0.1, -0.05) is 31.7 Å². The second-order valence-corrected chi connectivity index (χ2v) is 13.5. The van der Waals surface area contributed by atoms with Crippen molar-refractivity contribution >= 4 is 15.7 Å². The zero-order chi connectivity index (χ0) is 31.2. The number of hydrogen-bond acceptors (Lipinski definition) is 9. The third-order valence-electron chi connectivity index (χ3n) is 8.61. The Kier molecular flexibility index (Phi) is 9.57. The van der Waals surface area contributed by atoms with Gasteiger partial charge in [-0.2, -0.15) is 9.36 Å². The third kappa shape index (κ3) is 7.60. The van der Waals surface area contributed by atoms with Gasteiger partial charge in [-0.3, -0.25) is 9.71 Å². The van der Waals surface area contributed by atoms with E-state index in [4.69, 9.17) is 4.74 Å². The molecule has 13 heteroatoms. The molecular weight excluding hydrogens is 594 g/mol. The fourth-order valence-corrected chi connectivity index (χ4v) is 7.20. The Labute approximate surface area is 262 Å². The van der Waals surface area contributed by atoms with Crippen molar-refractivity contribution in [3.63, 3.8) is 0 Å². The second kappa shape index (κ2) is 13.9. The highest BCUT2D eigenvalue weighted by atomic mass is 32.2. The van der Waals surface area contributed by atoms with E-state index in [2.05, 4.69) is 25.4 Å². The summed E-state index contributed by atoms with van der Waals surface area (Å²) in [6.45, 7) is 1.46. The van der Waals surface area contributed by atoms with Gasteiger partial charge in [0, 0.05) is 43.3 Å². The zero-order valence-corrected chi connectivity index (χ0v) is 25.9. The normalized spacial score (nSPS) is 17.5. The fourth-order valence-electron chi connectivity index (χ4n) is 6.09. The van der Waals surface area contributed by atoms with Crippen molar-refractivity contribution in [1.29, 1.82) is 0 Å². The summed E-state index contributed by atoms with van der Waals surface area (Å²) in [4.78, 5) is 17.0. The van der Waals surface area contributed by atoms with Crippen LogP contribution in [0.15, 0.2) is 76.7 Å². The van der Waals surface area contributed by atoms with Crippen molar-refractivity contribution in [3.8, 4) is 11.4 Å². The monoisotopic (exact) mass is 633 g/mol. The van der Waals surface area contributed by atoms with Gasteiger partial charge in [-0.25, -0.2) is 13.2 Å². The Hall–Kier alpha value is -4.07. The third-order valence-corrected chi connectivity index (χ3v) is 9.99. The molecule has 0 unspecified atom stereocenters. The summed E-state index contributed by atoms with van der Waals surface area (Å²) >= 11 is 0. The van der Waals surface area contributed by atoms with Crippen LogP contribution in [0.5, 0.6) is 5.75 Å². The maximum atomic E-state index is 13.2. The molecule has 1 fully saturated rings. The van der Waals surface area contributed by atoms with E-state index >= 15 is 0 Å². The molecule has 1 saturated carbocycles. The highest BCUT2D eigenvalue weighted by Gasteiger charge is 2.23. The van der Waals surface area contributed by atoms with Crippen molar-refractivity contribution < 1.29 is 18.3 Å². The first-order valence-corrected chi connectivity index (χ1v) is 17.1. The van der Waals surface area contributed by atoms with Gasteiger partial charge in [0.25, 0.3) is 10.0 Å². The Bertz CT molecular complexity index is 1740. The summed E-state index contributed by atoms with van der Waals surface area (Å²) in [6, 6.07) is 15.0. The van der Waals surface area contributed by atoms with Crippen LogP contribution in [-0.4, -0.2) is 57.5 Å². The molecule has 2 aromatic carbocycles. The Morgan fingerprint density at radius 3 is 2.64 bits per heavy atom. The minimum Gasteiger partial charge on any atom is -0.489 e. The van der Waals surface area contributed by atoms with Crippen LogP contribution < -0.4 is 20.5 Å². The first-order chi connectivity index (χ1) is 21.9. The maximum absolute atomic E-state index is 13.2. The molecule has 6 rings (SSSR count). The molecule has 2 atom stereocenters. The number of hydrogen-bond donors (Lipinski definition) is 3. The lowest BCUT2D eigenvalue weighted by Crippen LogP contribution is -2.36. The van der Waals surface area contributed by atoms with Crippen LogP contribution in [0.2, 0.25) is 0 Å². The van der Waals surface area contributed by atoms with Crippen LogP contribution in [0.25, 0.3) is 5.69 Å². The summed E-state index contributed by atoms with van der Waals surface area (Å²) < 4.78 is 37.8. The number of aliphatic hydroxyl groups excluding tert-OH is 1.